The van der Waals surface area contributed by atoms with Crippen LogP contribution in [-0.2, 0) is 24.2 Å². The number of rotatable bonds is 5. The molecule has 5 rings (SSSR count). The molecule has 0 aromatic heterocycles. The summed E-state index contributed by atoms with van der Waals surface area (Å²) in [5, 5.41) is 1.88. The smallest absolute Gasteiger partial charge is 0.227 e. The number of benzene rings is 2. The van der Waals surface area contributed by atoms with E-state index < -0.39 is 21.3 Å². The van der Waals surface area contributed by atoms with E-state index in [-0.39, 0.29) is 27.9 Å². The Labute approximate surface area is 207 Å². The molecule has 1 unspecified atom stereocenters. The summed E-state index contributed by atoms with van der Waals surface area (Å²) in [6.07, 6.45) is 3.02. The van der Waals surface area contributed by atoms with Crippen LogP contribution in [0.5, 0.6) is 0 Å². The molecule has 3 aliphatic rings. The number of nitrogens with zero attached hydrogens (tertiary/aromatic N) is 2. The van der Waals surface area contributed by atoms with Crippen molar-refractivity contribution >= 4 is 32.4 Å². The minimum absolute atomic E-state index is 0.0273. The summed E-state index contributed by atoms with van der Waals surface area (Å²) < 4.78 is 32.3. The Hall–Kier alpha value is -2.45. The van der Waals surface area contributed by atoms with Crippen LogP contribution in [-0.4, -0.2) is 74.7 Å². The summed E-state index contributed by atoms with van der Waals surface area (Å²) in [6, 6.07) is 11.1. The standard InChI is InChI=1S/C27H34N2O5S/c1-19-4-5-22-13-24(7-6-21(22)12-19)35(32,33)15-23-14-27(18-34-3)16-26(17-29(27)25(23)31)8-10-28(11-9-26)20(2)30/h4-7,12-13,23H,8-11,14-18H2,1-3H3/t23?,27-/m0/s1. The average molecular weight is 499 g/mol. The fraction of sp³-hybridized carbons (Fsp3) is 0.556. The van der Waals surface area contributed by atoms with Crippen LogP contribution in [0.3, 0.4) is 0 Å². The highest BCUT2D eigenvalue weighted by molar-refractivity contribution is 7.91. The quantitative estimate of drug-likeness (QED) is 0.632. The van der Waals surface area contributed by atoms with Gasteiger partial charge in [0.05, 0.1) is 28.7 Å². The molecule has 0 saturated carbocycles. The highest BCUT2D eigenvalue weighted by atomic mass is 32.2. The third-order valence-corrected chi connectivity index (χ3v) is 10.3. The van der Waals surface area contributed by atoms with Gasteiger partial charge in [0, 0.05) is 33.7 Å². The molecule has 0 N–H and O–H groups in total. The first-order chi connectivity index (χ1) is 16.6. The molecule has 0 bridgehead atoms. The molecule has 3 fully saturated rings. The van der Waals surface area contributed by atoms with Gasteiger partial charge >= 0.3 is 0 Å². The summed E-state index contributed by atoms with van der Waals surface area (Å²) in [4.78, 5) is 29.4. The van der Waals surface area contributed by atoms with Gasteiger partial charge in [-0.25, -0.2) is 8.42 Å². The number of fused-ring (bicyclic) bond motifs is 2. The molecular formula is C27H34N2O5S. The summed E-state index contributed by atoms with van der Waals surface area (Å²) >= 11 is 0. The largest absolute Gasteiger partial charge is 0.382 e. The molecule has 2 atom stereocenters. The normalized spacial score (nSPS) is 26.0. The molecule has 2 aromatic rings. The predicted molar refractivity (Wildman–Crippen MR) is 134 cm³/mol. The molecule has 3 saturated heterocycles. The summed E-state index contributed by atoms with van der Waals surface area (Å²) in [5.41, 5.74) is 0.629. The second-order valence-corrected chi connectivity index (χ2v) is 13.0. The minimum Gasteiger partial charge on any atom is -0.382 e. The lowest BCUT2D eigenvalue weighted by atomic mass is 9.72. The number of piperidine rings is 1. The molecule has 1 spiro atoms. The molecule has 2 aromatic carbocycles. The molecule has 0 radical (unpaired) electrons. The molecule has 8 heteroatoms. The molecule has 0 aliphatic carbocycles. The van der Waals surface area contributed by atoms with E-state index in [1.807, 2.05) is 41.0 Å². The Kier molecular flexibility index (Phi) is 5.95. The zero-order valence-electron chi connectivity index (χ0n) is 20.7. The maximum atomic E-state index is 13.6. The van der Waals surface area contributed by atoms with Crippen LogP contribution >= 0.6 is 0 Å². The van der Waals surface area contributed by atoms with Gasteiger partial charge in [-0.05, 0) is 60.9 Å². The number of likely N-dealkylation sites (tertiary alicyclic amines) is 1. The van der Waals surface area contributed by atoms with Crippen molar-refractivity contribution in [3.8, 4) is 0 Å². The zero-order valence-corrected chi connectivity index (χ0v) is 21.6. The van der Waals surface area contributed by atoms with Crippen LogP contribution in [0.15, 0.2) is 41.3 Å². The van der Waals surface area contributed by atoms with E-state index in [1.54, 1.807) is 26.2 Å². The fourth-order valence-corrected chi connectivity index (χ4v) is 8.29. The fourth-order valence-electron chi connectivity index (χ4n) is 6.73. The van der Waals surface area contributed by atoms with Gasteiger partial charge in [0.1, 0.15) is 0 Å². The molecule has 35 heavy (non-hydrogen) atoms. The van der Waals surface area contributed by atoms with Gasteiger partial charge in [-0.2, -0.15) is 0 Å². The number of carbonyl (C=O) groups is 2. The van der Waals surface area contributed by atoms with Crippen molar-refractivity contribution in [2.75, 3.05) is 39.1 Å². The van der Waals surface area contributed by atoms with Gasteiger partial charge in [-0.1, -0.05) is 29.8 Å². The summed E-state index contributed by atoms with van der Waals surface area (Å²) in [7, 11) is -1.99. The number of hydrogen-bond donors (Lipinski definition) is 0. The van der Waals surface area contributed by atoms with Crippen molar-refractivity contribution < 1.29 is 22.7 Å². The van der Waals surface area contributed by atoms with E-state index in [9.17, 15) is 18.0 Å². The third-order valence-electron chi connectivity index (χ3n) is 8.44. The van der Waals surface area contributed by atoms with Gasteiger partial charge in [0.15, 0.2) is 9.84 Å². The first-order valence-electron chi connectivity index (χ1n) is 12.4. The average Bonchev–Trinajstić information content (AvgIpc) is 3.22. The number of aryl methyl sites for hydroxylation is 1. The highest BCUT2D eigenvalue weighted by Gasteiger charge is 2.61. The number of amides is 2. The zero-order chi connectivity index (χ0) is 25.0. The Morgan fingerprint density at radius 1 is 1.11 bits per heavy atom. The van der Waals surface area contributed by atoms with Gasteiger partial charge in [0.25, 0.3) is 0 Å². The first kappa shape index (κ1) is 24.3. The van der Waals surface area contributed by atoms with E-state index in [0.717, 1.165) is 35.6 Å². The number of sulfone groups is 1. The van der Waals surface area contributed by atoms with Crippen LogP contribution in [0.25, 0.3) is 10.8 Å². The second-order valence-electron chi connectivity index (χ2n) is 11.0. The van der Waals surface area contributed by atoms with Gasteiger partial charge in [0.2, 0.25) is 11.8 Å². The molecule has 7 nitrogen and oxygen atoms in total. The maximum Gasteiger partial charge on any atom is 0.227 e. The SMILES string of the molecule is COC[C@@]12CC(CS(=O)(=O)c3ccc4cc(C)ccc4c3)C(=O)N1CC1(CCN(C(C)=O)CC1)C2. The van der Waals surface area contributed by atoms with Crippen LogP contribution in [0, 0.1) is 18.3 Å². The maximum absolute atomic E-state index is 13.6. The third kappa shape index (κ3) is 4.25. The molecular weight excluding hydrogens is 464 g/mol. The van der Waals surface area contributed by atoms with Crippen LogP contribution in [0.2, 0.25) is 0 Å². The number of carbonyl (C=O) groups excluding carboxylic acids is 2. The van der Waals surface area contributed by atoms with Crippen LogP contribution in [0.4, 0.5) is 0 Å². The molecule has 2 amide bonds. The Bertz CT molecular complexity index is 1280. The molecule has 3 heterocycles. The molecule has 188 valence electrons. The van der Waals surface area contributed by atoms with E-state index in [4.69, 9.17) is 4.74 Å². The minimum atomic E-state index is -3.63. The number of ether oxygens (including phenoxy) is 1. The second kappa shape index (κ2) is 8.59. The lowest BCUT2D eigenvalue weighted by molar-refractivity contribution is -0.134. The number of methoxy groups -OCH3 is 1. The Morgan fingerprint density at radius 3 is 2.49 bits per heavy atom. The van der Waals surface area contributed by atoms with Crippen LogP contribution < -0.4 is 0 Å². The summed E-state index contributed by atoms with van der Waals surface area (Å²) in [5.74, 6) is -0.738. The van der Waals surface area contributed by atoms with E-state index in [2.05, 4.69) is 0 Å². The van der Waals surface area contributed by atoms with E-state index in [1.165, 1.54) is 0 Å². The van der Waals surface area contributed by atoms with Crippen molar-refractivity contribution in [2.45, 2.75) is 50.0 Å². The van der Waals surface area contributed by atoms with Crippen molar-refractivity contribution in [1.29, 1.82) is 0 Å². The lowest BCUT2D eigenvalue weighted by Gasteiger charge is -2.39. The predicted octanol–water partition coefficient (Wildman–Crippen LogP) is 3.19. The Morgan fingerprint density at radius 2 is 1.80 bits per heavy atom. The van der Waals surface area contributed by atoms with Gasteiger partial charge in [-0.3, -0.25) is 9.59 Å². The lowest BCUT2D eigenvalue weighted by Crippen LogP contribution is -2.44. The number of hydrogen-bond acceptors (Lipinski definition) is 5. The van der Waals surface area contributed by atoms with Crippen LogP contribution in [0.1, 0.15) is 38.2 Å². The highest BCUT2D eigenvalue weighted by Crippen LogP contribution is 2.54. The van der Waals surface area contributed by atoms with E-state index in [0.29, 0.717) is 32.7 Å². The van der Waals surface area contributed by atoms with Crippen molar-refractivity contribution in [3.63, 3.8) is 0 Å². The Balaban J connectivity index is 1.35. The van der Waals surface area contributed by atoms with Gasteiger partial charge < -0.3 is 14.5 Å². The van der Waals surface area contributed by atoms with Crippen molar-refractivity contribution in [3.05, 3.63) is 42.0 Å². The van der Waals surface area contributed by atoms with Crippen molar-refractivity contribution in [2.24, 2.45) is 11.3 Å². The monoisotopic (exact) mass is 498 g/mol. The van der Waals surface area contributed by atoms with Gasteiger partial charge in [-0.15, -0.1) is 0 Å². The van der Waals surface area contributed by atoms with E-state index >= 15 is 0 Å². The topological polar surface area (TPSA) is 84.0 Å². The summed E-state index contributed by atoms with van der Waals surface area (Å²) in [6.45, 7) is 6.05. The van der Waals surface area contributed by atoms with Crippen molar-refractivity contribution in [1.82, 2.24) is 9.80 Å². The first-order valence-corrected chi connectivity index (χ1v) is 14.0. The molecule has 3 aliphatic heterocycles.